The molecule has 2 heterocycles. The minimum atomic E-state index is -1.10. The Hall–Kier alpha value is -3.23. The Morgan fingerprint density at radius 3 is 2.00 bits per heavy atom. The van der Waals surface area contributed by atoms with Gasteiger partial charge >= 0.3 is 5.97 Å². The Kier molecular flexibility index (Phi) is 5.43. The molecule has 0 bridgehead atoms. The molecule has 1 aromatic rings. The van der Waals surface area contributed by atoms with E-state index in [1.807, 2.05) is 0 Å². The van der Waals surface area contributed by atoms with E-state index >= 15 is 0 Å². The monoisotopic (exact) mass is 387 g/mol. The van der Waals surface area contributed by atoms with Gasteiger partial charge in [0.15, 0.2) is 0 Å². The summed E-state index contributed by atoms with van der Waals surface area (Å²) in [6, 6.07) is 4.48. The lowest BCUT2D eigenvalue weighted by Crippen LogP contribution is -2.53. The second kappa shape index (κ2) is 7.79. The van der Waals surface area contributed by atoms with Crippen molar-refractivity contribution in [2.75, 3.05) is 32.7 Å². The number of carboxylic acids is 1. The summed E-state index contributed by atoms with van der Waals surface area (Å²) in [4.78, 5) is 63.6. The van der Waals surface area contributed by atoms with Crippen LogP contribution in [0.2, 0.25) is 0 Å². The van der Waals surface area contributed by atoms with E-state index in [-0.39, 0.29) is 48.6 Å². The smallest absolute Gasteiger partial charge is 0.335 e. The standard InChI is InChI=1S/C19H21N3O6/c1-12-8-13(10-14(9-12)19(27)28)18(26)21-6-4-20(5-7-21)17(25)11-22-15(23)2-3-16(22)24/h8-10H,2-7,11H2,1H3,(H,27,28). The highest BCUT2D eigenvalue weighted by Crippen LogP contribution is 2.15. The third-order valence-electron chi connectivity index (χ3n) is 4.94. The summed E-state index contributed by atoms with van der Waals surface area (Å²) >= 11 is 0. The summed E-state index contributed by atoms with van der Waals surface area (Å²) in [5.74, 6) is -2.37. The average molecular weight is 387 g/mol. The first-order valence-corrected chi connectivity index (χ1v) is 9.01. The second-order valence-corrected chi connectivity index (χ2v) is 6.94. The van der Waals surface area contributed by atoms with E-state index in [4.69, 9.17) is 5.11 Å². The van der Waals surface area contributed by atoms with E-state index in [1.165, 1.54) is 17.0 Å². The fourth-order valence-electron chi connectivity index (χ4n) is 3.41. The molecule has 2 aliphatic rings. The van der Waals surface area contributed by atoms with Crippen LogP contribution < -0.4 is 0 Å². The van der Waals surface area contributed by atoms with Crippen LogP contribution in [-0.4, -0.2) is 82.1 Å². The Balaban J connectivity index is 1.60. The average Bonchev–Trinajstić information content (AvgIpc) is 2.99. The number of nitrogens with zero attached hydrogens (tertiary/aromatic N) is 3. The van der Waals surface area contributed by atoms with Crippen molar-refractivity contribution in [3.63, 3.8) is 0 Å². The molecule has 3 rings (SSSR count). The molecule has 28 heavy (non-hydrogen) atoms. The molecule has 2 saturated heterocycles. The Labute approximate surface area is 161 Å². The summed E-state index contributed by atoms with van der Waals surface area (Å²) in [5, 5.41) is 9.16. The molecule has 148 valence electrons. The van der Waals surface area contributed by atoms with Gasteiger partial charge in [-0.25, -0.2) is 4.79 Å². The van der Waals surface area contributed by atoms with Crippen LogP contribution in [0, 0.1) is 6.92 Å². The van der Waals surface area contributed by atoms with E-state index < -0.39 is 5.97 Å². The lowest BCUT2D eigenvalue weighted by Gasteiger charge is -2.35. The van der Waals surface area contributed by atoms with Crippen molar-refractivity contribution < 1.29 is 29.1 Å². The van der Waals surface area contributed by atoms with Gasteiger partial charge in [0.05, 0.1) is 5.56 Å². The molecule has 2 fully saturated rings. The molecule has 9 nitrogen and oxygen atoms in total. The highest BCUT2D eigenvalue weighted by molar-refractivity contribution is 6.04. The topological polar surface area (TPSA) is 115 Å². The predicted molar refractivity (Wildman–Crippen MR) is 96.6 cm³/mol. The second-order valence-electron chi connectivity index (χ2n) is 6.94. The van der Waals surface area contributed by atoms with Gasteiger partial charge in [0.25, 0.3) is 5.91 Å². The van der Waals surface area contributed by atoms with E-state index in [2.05, 4.69) is 0 Å². The number of aromatic carboxylic acids is 1. The third-order valence-corrected chi connectivity index (χ3v) is 4.94. The Morgan fingerprint density at radius 2 is 1.43 bits per heavy atom. The number of hydrogen-bond acceptors (Lipinski definition) is 5. The van der Waals surface area contributed by atoms with E-state index in [1.54, 1.807) is 17.9 Å². The van der Waals surface area contributed by atoms with E-state index in [9.17, 15) is 24.0 Å². The number of carbonyl (C=O) groups excluding carboxylic acids is 4. The molecular weight excluding hydrogens is 366 g/mol. The van der Waals surface area contributed by atoms with Crippen LogP contribution in [0.1, 0.15) is 39.1 Å². The Morgan fingerprint density at radius 1 is 0.893 bits per heavy atom. The van der Waals surface area contributed by atoms with Crippen LogP contribution in [0.4, 0.5) is 0 Å². The maximum Gasteiger partial charge on any atom is 0.335 e. The fourth-order valence-corrected chi connectivity index (χ4v) is 3.41. The molecule has 1 aromatic carbocycles. The zero-order chi connectivity index (χ0) is 20.4. The molecule has 2 aliphatic heterocycles. The number of carbonyl (C=O) groups is 5. The lowest BCUT2D eigenvalue weighted by atomic mass is 10.1. The van der Waals surface area contributed by atoms with Gasteiger partial charge in [-0.2, -0.15) is 0 Å². The van der Waals surface area contributed by atoms with Crippen molar-refractivity contribution in [3.8, 4) is 0 Å². The lowest BCUT2D eigenvalue weighted by molar-refractivity contribution is -0.146. The van der Waals surface area contributed by atoms with Gasteiger partial charge in [0.2, 0.25) is 17.7 Å². The number of aryl methyl sites for hydroxylation is 1. The van der Waals surface area contributed by atoms with Crippen LogP contribution in [0.5, 0.6) is 0 Å². The number of piperazine rings is 1. The van der Waals surface area contributed by atoms with Gasteiger partial charge in [-0.3, -0.25) is 24.1 Å². The van der Waals surface area contributed by atoms with E-state index in [0.29, 0.717) is 37.3 Å². The van der Waals surface area contributed by atoms with Crippen molar-refractivity contribution in [1.82, 2.24) is 14.7 Å². The van der Waals surface area contributed by atoms with Gasteiger partial charge in [-0.1, -0.05) is 0 Å². The molecule has 0 aliphatic carbocycles. The van der Waals surface area contributed by atoms with Crippen molar-refractivity contribution in [2.45, 2.75) is 19.8 Å². The van der Waals surface area contributed by atoms with Gasteiger partial charge in [0, 0.05) is 44.6 Å². The molecule has 0 radical (unpaired) electrons. The highest BCUT2D eigenvalue weighted by atomic mass is 16.4. The first kappa shape index (κ1) is 19.5. The number of benzene rings is 1. The zero-order valence-electron chi connectivity index (χ0n) is 15.5. The molecule has 9 heteroatoms. The SMILES string of the molecule is Cc1cc(C(=O)O)cc(C(=O)N2CCN(C(=O)CN3C(=O)CCC3=O)CC2)c1. The van der Waals surface area contributed by atoms with E-state index in [0.717, 1.165) is 4.90 Å². The summed E-state index contributed by atoms with van der Waals surface area (Å²) in [6.07, 6.45) is 0.284. The summed E-state index contributed by atoms with van der Waals surface area (Å²) in [7, 11) is 0. The number of imide groups is 1. The zero-order valence-corrected chi connectivity index (χ0v) is 15.5. The van der Waals surface area contributed by atoms with Crippen LogP contribution in [0.15, 0.2) is 18.2 Å². The molecule has 0 atom stereocenters. The summed E-state index contributed by atoms with van der Waals surface area (Å²) in [6.45, 7) is 2.63. The molecule has 1 N–H and O–H groups in total. The molecule has 0 saturated carbocycles. The third kappa shape index (κ3) is 4.03. The summed E-state index contributed by atoms with van der Waals surface area (Å²) < 4.78 is 0. The van der Waals surface area contributed by atoms with Gasteiger partial charge in [-0.05, 0) is 30.7 Å². The largest absolute Gasteiger partial charge is 0.478 e. The van der Waals surface area contributed by atoms with Gasteiger partial charge < -0.3 is 14.9 Å². The summed E-state index contributed by atoms with van der Waals surface area (Å²) in [5.41, 5.74) is 1.03. The highest BCUT2D eigenvalue weighted by Gasteiger charge is 2.33. The molecule has 4 amide bonds. The van der Waals surface area contributed by atoms with Crippen molar-refractivity contribution in [2.24, 2.45) is 0 Å². The number of likely N-dealkylation sites (tertiary alicyclic amines) is 1. The molecular formula is C19H21N3O6. The van der Waals surface area contributed by atoms with Crippen molar-refractivity contribution >= 4 is 29.6 Å². The van der Waals surface area contributed by atoms with Crippen LogP contribution in [0.25, 0.3) is 0 Å². The number of hydrogen-bond donors (Lipinski definition) is 1. The minimum Gasteiger partial charge on any atom is -0.478 e. The number of carboxylic acid groups (broad SMARTS) is 1. The predicted octanol–water partition coefficient (Wildman–Crippen LogP) is 0.127. The maximum atomic E-state index is 12.7. The van der Waals surface area contributed by atoms with Crippen LogP contribution in [0.3, 0.4) is 0 Å². The van der Waals surface area contributed by atoms with Crippen LogP contribution in [-0.2, 0) is 14.4 Å². The van der Waals surface area contributed by atoms with Crippen LogP contribution >= 0.6 is 0 Å². The van der Waals surface area contributed by atoms with Crippen molar-refractivity contribution in [3.05, 3.63) is 34.9 Å². The normalized spacial score (nSPS) is 17.2. The quantitative estimate of drug-likeness (QED) is 0.734. The first-order chi connectivity index (χ1) is 13.3. The van der Waals surface area contributed by atoms with Gasteiger partial charge in [-0.15, -0.1) is 0 Å². The number of rotatable bonds is 4. The molecule has 0 spiro atoms. The molecule has 0 aromatic heterocycles. The van der Waals surface area contributed by atoms with Crippen molar-refractivity contribution in [1.29, 1.82) is 0 Å². The maximum absolute atomic E-state index is 12.7. The fraction of sp³-hybridized carbons (Fsp3) is 0.421. The molecule has 0 unspecified atom stereocenters. The number of amides is 4. The Bertz CT molecular complexity index is 841. The first-order valence-electron chi connectivity index (χ1n) is 9.01. The van der Waals surface area contributed by atoms with Gasteiger partial charge in [0.1, 0.15) is 6.54 Å². The minimum absolute atomic E-state index is 0.0529.